The number of hydrogen-bond donors (Lipinski definition) is 2. The van der Waals surface area contributed by atoms with Crippen molar-refractivity contribution < 1.29 is 12.8 Å². The van der Waals surface area contributed by atoms with Crippen LogP contribution in [0.5, 0.6) is 0 Å². The van der Waals surface area contributed by atoms with Gasteiger partial charge < -0.3 is 5.32 Å². The molecule has 0 radical (unpaired) electrons. The van der Waals surface area contributed by atoms with Crippen LogP contribution in [0.25, 0.3) is 0 Å². The highest BCUT2D eigenvalue weighted by Crippen LogP contribution is 2.32. The summed E-state index contributed by atoms with van der Waals surface area (Å²) in [6, 6.07) is 2.53. The van der Waals surface area contributed by atoms with E-state index < -0.39 is 15.8 Å². The van der Waals surface area contributed by atoms with Crippen molar-refractivity contribution in [2.45, 2.75) is 26.3 Å². The first-order valence-electron chi connectivity index (χ1n) is 6.09. The lowest BCUT2D eigenvalue weighted by atomic mass is 10.3. The molecular weight excluding hydrogens is 371 g/mol. The van der Waals surface area contributed by atoms with E-state index in [4.69, 9.17) is 11.6 Å². The second-order valence-electron chi connectivity index (χ2n) is 4.63. The minimum Gasteiger partial charge on any atom is -0.314 e. The Hall–Kier alpha value is -0.370. The molecule has 0 aromatic heterocycles. The monoisotopic (exact) mass is 386 g/mol. The third-order valence-electron chi connectivity index (χ3n) is 2.41. The molecule has 114 valence electrons. The Morgan fingerprint density at radius 3 is 2.60 bits per heavy atom. The molecule has 0 amide bonds. The summed E-state index contributed by atoms with van der Waals surface area (Å²) in [7, 11) is -3.52. The Labute approximate surface area is 132 Å². The maximum atomic E-state index is 13.1. The average molecular weight is 388 g/mol. The Bertz CT molecular complexity index is 544. The molecule has 0 aliphatic rings. The van der Waals surface area contributed by atoms with Gasteiger partial charge in [-0.2, -0.15) is 0 Å². The summed E-state index contributed by atoms with van der Waals surface area (Å²) in [6.07, 6.45) is 0.476. The van der Waals surface area contributed by atoms with Crippen LogP contribution in [0.1, 0.15) is 20.3 Å². The lowest BCUT2D eigenvalue weighted by Gasteiger charge is -2.12. The first-order valence-corrected chi connectivity index (χ1v) is 8.92. The number of halogens is 3. The summed E-state index contributed by atoms with van der Waals surface area (Å²) < 4.78 is 39.5. The summed E-state index contributed by atoms with van der Waals surface area (Å²) in [4.78, 5) is 0. The highest BCUT2D eigenvalue weighted by Gasteiger charge is 2.15. The molecule has 1 aromatic carbocycles. The average Bonchev–Trinajstić information content (AvgIpc) is 2.29. The molecule has 0 saturated heterocycles. The van der Waals surface area contributed by atoms with E-state index in [-0.39, 0.29) is 20.9 Å². The van der Waals surface area contributed by atoms with Crippen molar-refractivity contribution >= 4 is 43.2 Å². The van der Waals surface area contributed by atoms with Crippen molar-refractivity contribution in [2.24, 2.45) is 0 Å². The molecule has 2 N–H and O–H groups in total. The summed E-state index contributed by atoms with van der Waals surface area (Å²) in [6.45, 7) is 4.58. The molecule has 0 fully saturated rings. The third-order valence-corrected chi connectivity index (χ3v) is 4.67. The molecule has 0 heterocycles. The molecule has 20 heavy (non-hydrogen) atoms. The molecule has 4 nitrogen and oxygen atoms in total. The van der Waals surface area contributed by atoms with E-state index in [1.165, 1.54) is 0 Å². The zero-order chi connectivity index (χ0) is 15.3. The Kier molecular flexibility index (Phi) is 6.71. The van der Waals surface area contributed by atoms with Crippen LogP contribution in [0.3, 0.4) is 0 Å². The van der Waals surface area contributed by atoms with E-state index in [2.05, 4.69) is 26.0 Å². The van der Waals surface area contributed by atoms with E-state index in [9.17, 15) is 12.8 Å². The maximum Gasteiger partial charge on any atom is 0.232 e. The van der Waals surface area contributed by atoms with Gasteiger partial charge in [0.05, 0.1) is 16.5 Å². The fraction of sp³-hybridized carbons (Fsp3) is 0.500. The molecule has 0 bridgehead atoms. The van der Waals surface area contributed by atoms with E-state index in [0.717, 1.165) is 12.1 Å². The van der Waals surface area contributed by atoms with E-state index in [1.807, 2.05) is 13.8 Å². The second-order valence-corrected chi connectivity index (χ2v) is 7.73. The van der Waals surface area contributed by atoms with Gasteiger partial charge in [-0.3, -0.25) is 4.72 Å². The minimum atomic E-state index is -3.52. The zero-order valence-corrected chi connectivity index (χ0v) is 14.4. The van der Waals surface area contributed by atoms with Gasteiger partial charge in [0, 0.05) is 10.5 Å². The highest BCUT2D eigenvalue weighted by molar-refractivity contribution is 9.10. The van der Waals surface area contributed by atoms with Crippen molar-refractivity contribution in [2.75, 3.05) is 17.0 Å². The van der Waals surface area contributed by atoms with Crippen LogP contribution < -0.4 is 10.0 Å². The van der Waals surface area contributed by atoms with Crippen molar-refractivity contribution in [1.82, 2.24) is 5.32 Å². The molecule has 0 unspecified atom stereocenters. The van der Waals surface area contributed by atoms with Crippen molar-refractivity contribution in [1.29, 1.82) is 0 Å². The number of rotatable bonds is 7. The van der Waals surface area contributed by atoms with Crippen LogP contribution in [0.4, 0.5) is 10.1 Å². The van der Waals surface area contributed by atoms with Crippen LogP contribution in [0, 0.1) is 5.82 Å². The smallest absolute Gasteiger partial charge is 0.232 e. The van der Waals surface area contributed by atoms with Gasteiger partial charge in [0.1, 0.15) is 5.82 Å². The van der Waals surface area contributed by atoms with Gasteiger partial charge in [-0.05, 0) is 41.0 Å². The number of hydrogen-bond acceptors (Lipinski definition) is 3. The summed E-state index contributed by atoms with van der Waals surface area (Å²) >= 11 is 8.92. The third kappa shape index (κ3) is 5.95. The lowest BCUT2D eigenvalue weighted by molar-refractivity contribution is 0.571. The zero-order valence-electron chi connectivity index (χ0n) is 11.2. The SMILES string of the molecule is CC(C)NCCCS(=O)(=O)Nc1c(Cl)cc(F)cc1Br. The van der Waals surface area contributed by atoms with Crippen LogP contribution in [0.2, 0.25) is 5.02 Å². The number of anilines is 1. The topological polar surface area (TPSA) is 58.2 Å². The molecule has 0 aliphatic carbocycles. The summed E-state index contributed by atoms with van der Waals surface area (Å²) in [5.74, 6) is -0.571. The molecule has 0 spiro atoms. The van der Waals surface area contributed by atoms with Gasteiger partial charge in [-0.25, -0.2) is 12.8 Å². The van der Waals surface area contributed by atoms with Crippen LogP contribution in [0.15, 0.2) is 16.6 Å². The molecule has 1 rings (SSSR count). The quantitative estimate of drug-likeness (QED) is 0.705. The first-order chi connectivity index (χ1) is 9.21. The predicted molar refractivity (Wildman–Crippen MR) is 84.3 cm³/mol. The fourth-order valence-corrected chi connectivity index (χ4v) is 3.74. The van der Waals surface area contributed by atoms with E-state index in [0.29, 0.717) is 19.0 Å². The van der Waals surface area contributed by atoms with Crippen molar-refractivity contribution in [3.05, 3.63) is 27.4 Å². The molecule has 0 aliphatic heterocycles. The van der Waals surface area contributed by atoms with Crippen LogP contribution in [-0.2, 0) is 10.0 Å². The molecular formula is C12H17BrClFN2O2S. The Morgan fingerprint density at radius 2 is 2.05 bits per heavy atom. The minimum absolute atomic E-state index is 0.0146. The summed E-state index contributed by atoms with van der Waals surface area (Å²) in [5.41, 5.74) is 0.157. The van der Waals surface area contributed by atoms with Gasteiger partial charge in [0.15, 0.2) is 0 Å². The van der Waals surface area contributed by atoms with Crippen molar-refractivity contribution in [3.8, 4) is 0 Å². The van der Waals surface area contributed by atoms with E-state index in [1.54, 1.807) is 0 Å². The predicted octanol–water partition coefficient (Wildman–Crippen LogP) is 3.37. The molecule has 0 saturated carbocycles. The van der Waals surface area contributed by atoms with Gasteiger partial charge in [0.2, 0.25) is 10.0 Å². The van der Waals surface area contributed by atoms with Gasteiger partial charge >= 0.3 is 0 Å². The van der Waals surface area contributed by atoms with Gasteiger partial charge in [-0.15, -0.1) is 0 Å². The normalized spacial score (nSPS) is 11.9. The Balaban J connectivity index is 2.67. The van der Waals surface area contributed by atoms with Crippen molar-refractivity contribution in [3.63, 3.8) is 0 Å². The number of sulfonamides is 1. The maximum absolute atomic E-state index is 13.1. The Morgan fingerprint density at radius 1 is 1.40 bits per heavy atom. The van der Waals surface area contributed by atoms with E-state index >= 15 is 0 Å². The second kappa shape index (κ2) is 7.59. The molecule has 8 heteroatoms. The highest BCUT2D eigenvalue weighted by atomic mass is 79.9. The molecule has 0 atom stereocenters. The van der Waals surface area contributed by atoms with Gasteiger partial charge in [-0.1, -0.05) is 25.4 Å². The largest absolute Gasteiger partial charge is 0.314 e. The van der Waals surface area contributed by atoms with Crippen LogP contribution >= 0.6 is 27.5 Å². The first kappa shape index (κ1) is 17.7. The molecule has 1 aromatic rings. The lowest BCUT2D eigenvalue weighted by Crippen LogP contribution is -2.26. The number of benzene rings is 1. The van der Waals surface area contributed by atoms with Gasteiger partial charge in [0.25, 0.3) is 0 Å². The standard InChI is InChI=1S/C12H17BrClFN2O2S/c1-8(2)16-4-3-5-20(18,19)17-12-10(13)6-9(15)7-11(12)14/h6-8,16-17H,3-5H2,1-2H3. The van der Waals surface area contributed by atoms with Crippen LogP contribution in [-0.4, -0.2) is 26.8 Å². The summed E-state index contributed by atoms with van der Waals surface area (Å²) in [5, 5.41) is 3.15. The number of nitrogens with one attached hydrogen (secondary N) is 2. The fourth-order valence-electron chi connectivity index (χ4n) is 1.50.